The fraction of sp³-hybridized carbons (Fsp3) is 0.435. The van der Waals surface area contributed by atoms with Crippen LogP contribution in [-0.2, 0) is 17.6 Å². The molecular weight excluding hydrogens is 386 g/mol. The van der Waals surface area contributed by atoms with Crippen molar-refractivity contribution in [1.82, 2.24) is 0 Å². The first-order chi connectivity index (χ1) is 14.4. The molecule has 1 heterocycles. The summed E-state index contributed by atoms with van der Waals surface area (Å²) in [5.41, 5.74) is 3.83. The van der Waals surface area contributed by atoms with E-state index in [0.717, 1.165) is 17.5 Å². The number of ether oxygens (including phenoxy) is 2. The minimum atomic E-state index is -1.49. The molecule has 7 heteroatoms. The van der Waals surface area contributed by atoms with Gasteiger partial charge in [0.2, 0.25) is 0 Å². The average Bonchev–Trinajstić information content (AvgIpc) is 2.78. The van der Waals surface area contributed by atoms with Gasteiger partial charge < -0.3 is 29.9 Å². The highest BCUT2D eigenvalue weighted by molar-refractivity contribution is 5.51. The van der Waals surface area contributed by atoms with Crippen LogP contribution < -0.4 is 4.74 Å². The molecule has 0 aliphatic carbocycles. The summed E-state index contributed by atoms with van der Waals surface area (Å²) < 4.78 is 11.1. The Kier molecular flexibility index (Phi) is 7.08. The Morgan fingerprint density at radius 3 is 2.27 bits per heavy atom. The summed E-state index contributed by atoms with van der Waals surface area (Å²) in [6.07, 6.45) is -5.01. The van der Waals surface area contributed by atoms with E-state index in [-0.39, 0.29) is 0 Å². The van der Waals surface area contributed by atoms with Crippen molar-refractivity contribution in [2.24, 2.45) is 0 Å². The fourth-order valence-corrected chi connectivity index (χ4v) is 3.76. The number of benzene rings is 2. The summed E-state index contributed by atoms with van der Waals surface area (Å²) in [5, 5.41) is 49.8. The molecule has 0 spiro atoms. The van der Waals surface area contributed by atoms with Gasteiger partial charge in [-0.05, 0) is 41.7 Å². The van der Waals surface area contributed by atoms with Crippen LogP contribution in [0.1, 0.15) is 40.8 Å². The van der Waals surface area contributed by atoms with Crippen molar-refractivity contribution in [2.75, 3.05) is 13.7 Å². The van der Waals surface area contributed by atoms with Crippen LogP contribution in [0.25, 0.3) is 0 Å². The number of aliphatic hydroxyl groups excluding tert-OH is 4. The van der Waals surface area contributed by atoms with Gasteiger partial charge in [0.25, 0.3) is 0 Å². The van der Waals surface area contributed by atoms with Crippen molar-refractivity contribution in [2.45, 2.75) is 50.3 Å². The summed E-state index contributed by atoms with van der Waals surface area (Å²) in [5.74, 6) is 0.320. The van der Waals surface area contributed by atoms with Crippen LogP contribution in [-0.4, -0.2) is 58.6 Å². The number of nitrogens with zero attached hydrogens (tertiary/aromatic N) is 1. The SMILES string of the molecule is CCc1ccc(Cc2cc(C3O[C@H](CO)[C@@H](O)[C@H](O)[C@H]3O)c(OC)cc2C#N)cc1. The molecule has 0 aromatic heterocycles. The number of aryl methyl sites for hydroxylation is 1. The number of hydrogen-bond donors (Lipinski definition) is 4. The van der Waals surface area contributed by atoms with Gasteiger partial charge in [-0.15, -0.1) is 0 Å². The monoisotopic (exact) mass is 413 g/mol. The van der Waals surface area contributed by atoms with E-state index in [1.807, 2.05) is 24.3 Å². The Hall–Kier alpha value is -2.47. The van der Waals surface area contributed by atoms with Gasteiger partial charge in [0.1, 0.15) is 36.3 Å². The second kappa shape index (κ2) is 9.56. The number of nitriles is 1. The van der Waals surface area contributed by atoms with Crippen molar-refractivity contribution in [3.05, 3.63) is 64.2 Å². The van der Waals surface area contributed by atoms with Crippen LogP contribution in [0.5, 0.6) is 5.75 Å². The van der Waals surface area contributed by atoms with E-state index in [1.54, 1.807) is 12.1 Å². The fourth-order valence-electron chi connectivity index (χ4n) is 3.76. The highest BCUT2D eigenvalue weighted by Crippen LogP contribution is 2.38. The summed E-state index contributed by atoms with van der Waals surface area (Å²) >= 11 is 0. The third-order valence-electron chi connectivity index (χ3n) is 5.60. The predicted molar refractivity (Wildman–Crippen MR) is 109 cm³/mol. The molecular formula is C23H27NO6. The number of methoxy groups -OCH3 is 1. The molecule has 5 atom stereocenters. The number of hydrogen-bond acceptors (Lipinski definition) is 7. The molecule has 1 saturated heterocycles. The molecule has 0 saturated carbocycles. The Morgan fingerprint density at radius 2 is 1.70 bits per heavy atom. The van der Waals surface area contributed by atoms with E-state index < -0.39 is 37.1 Å². The van der Waals surface area contributed by atoms with E-state index in [9.17, 15) is 25.7 Å². The minimum Gasteiger partial charge on any atom is -0.496 e. The van der Waals surface area contributed by atoms with Crippen molar-refractivity contribution in [1.29, 1.82) is 5.26 Å². The number of rotatable bonds is 6. The van der Waals surface area contributed by atoms with Gasteiger partial charge in [-0.2, -0.15) is 5.26 Å². The van der Waals surface area contributed by atoms with E-state index in [4.69, 9.17) is 9.47 Å². The maximum atomic E-state index is 10.5. The zero-order chi connectivity index (χ0) is 21.8. The maximum absolute atomic E-state index is 10.5. The lowest BCUT2D eigenvalue weighted by molar-refractivity contribution is -0.232. The molecule has 7 nitrogen and oxygen atoms in total. The standard InChI is InChI=1S/C23H27NO6/c1-3-13-4-6-14(7-5-13)8-15-9-17(18(29-2)10-16(15)11-24)23-22(28)21(27)20(26)19(12-25)30-23/h4-7,9-10,19-23,25-28H,3,8,12H2,1-2H3/t19-,20-,21+,22-,23?/m1/s1. The number of aliphatic hydroxyl groups is 4. The van der Waals surface area contributed by atoms with E-state index in [2.05, 4.69) is 13.0 Å². The van der Waals surface area contributed by atoms with Crippen LogP contribution in [0.4, 0.5) is 0 Å². The third kappa shape index (κ3) is 4.33. The van der Waals surface area contributed by atoms with E-state index in [0.29, 0.717) is 23.3 Å². The first-order valence-electron chi connectivity index (χ1n) is 9.92. The Balaban J connectivity index is 2.01. The molecule has 1 aliphatic rings. The minimum absolute atomic E-state index is 0.320. The molecule has 2 aromatic carbocycles. The molecule has 1 fully saturated rings. The molecule has 160 valence electrons. The molecule has 1 aliphatic heterocycles. The molecule has 2 aromatic rings. The lowest BCUT2D eigenvalue weighted by Crippen LogP contribution is -2.55. The highest BCUT2D eigenvalue weighted by Gasteiger charge is 2.45. The summed E-state index contributed by atoms with van der Waals surface area (Å²) in [6, 6.07) is 13.6. The molecule has 0 amide bonds. The van der Waals surface area contributed by atoms with Gasteiger partial charge in [-0.3, -0.25) is 0 Å². The first-order valence-corrected chi connectivity index (χ1v) is 9.92. The third-order valence-corrected chi connectivity index (χ3v) is 5.60. The van der Waals surface area contributed by atoms with E-state index >= 15 is 0 Å². The Morgan fingerprint density at radius 1 is 1.03 bits per heavy atom. The maximum Gasteiger partial charge on any atom is 0.126 e. The van der Waals surface area contributed by atoms with Gasteiger partial charge in [0.15, 0.2) is 0 Å². The largest absolute Gasteiger partial charge is 0.496 e. The van der Waals surface area contributed by atoms with Crippen LogP contribution >= 0.6 is 0 Å². The predicted octanol–water partition coefficient (Wildman–Crippen LogP) is 1.23. The van der Waals surface area contributed by atoms with Crippen molar-refractivity contribution >= 4 is 0 Å². The zero-order valence-electron chi connectivity index (χ0n) is 17.0. The van der Waals surface area contributed by atoms with E-state index in [1.165, 1.54) is 12.7 Å². The smallest absolute Gasteiger partial charge is 0.126 e. The second-order valence-electron chi connectivity index (χ2n) is 7.46. The Labute approximate surface area is 175 Å². The molecule has 0 bridgehead atoms. The normalized spacial score (nSPS) is 26.2. The molecule has 0 radical (unpaired) electrons. The molecule has 1 unspecified atom stereocenters. The quantitative estimate of drug-likeness (QED) is 0.562. The average molecular weight is 413 g/mol. The lowest BCUT2D eigenvalue weighted by atomic mass is 9.88. The van der Waals surface area contributed by atoms with Gasteiger partial charge >= 0.3 is 0 Å². The van der Waals surface area contributed by atoms with Gasteiger partial charge in [0, 0.05) is 5.56 Å². The van der Waals surface area contributed by atoms with Crippen LogP contribution in [0, 0.1) is 11.3 Å². The summed E-state index contributed by atoms with van der Waals surface area (Å²) in [6.45, 7) is 1.57. The zero-order valence-corrected chi connectivity index (χ0v) is 17.0. The topological polar surface area (TPSA) is 123 Å². The van der Waals surface area contributed by atoms with Gasteiger partial charge in [0.05, 0.1) is 25.3 Å². The Bertz CT molecular complexity index is 905. The van der Waals surface area contributed by atoms with Gasteiger partial charge in [-0.1, -0.05) is 31.2 Å². The molecule has 3 rings (SSSR count). The summed E-state index contributed by atoms with van der Waals surface area (Å²) in [7, 11) is 1.44. The van der Waals surface area contributed by atoms with Crippen LogP contribution in [0.3, 0.4) is 0 Å². The van der Waals surface area contributed by atoms with Crippen LogP contribution in [0.15, 0.2) is 36.4 Å². The second-order valence-corrected chi connectivity index (χ2v) is 7.46. The van der Waals surface area contributed by atoms with Gasteiger partial charge in [-0.25, -0.2) is 0 Å². The molecule has 4 N–H and O–H groups in total. The lowest BCUT2D eigenvalue weighted by Gasteiger charge is -2.40. The first kappa shape index (κ1) is 22.2. The molecule has 30 heavy (non-hydrogen) atoms. The van der Waals surface area contributed by atoms with Crippen LogP contribution in [0.2, 0.25) is 0 Å². The van der Waals surface area contributed by atoms with Crippen molar-refractivity contribution in [3.63, 3.8) is 0 Å². The summed E-state index contributed by atoms with van der Waals surface area (Å²) in [4.78, 5) is 0. The van der Waals surface area contributed by atoms with Crippen molar-refractivity contribution in [3.8, 4) is 11.8 Å². The van der Waals surface area contributed by atoms with Crippen molar-refractivity contribution < 1.29 is 29.9 Å². The highest BCUT2D eigenvalue weighted by atomic mass is 16.5.